The molecule has 0 radical (unpaired) electrons. The van der Waals surface area contributed by atoms with Crippen molar-refractivity contribution in [1.82, 2.24) is 5.32 Å². The second-order valence-electron chi connectivity index (χ2n) is 6.02. The van der Waals surface area contributed by atoms with Crippen LogP contribution in [0, 0.1) is 11.3 Å². The van der Waals surface area contributed by atoms with Crippen LogP contribution in [0.4, 0.5) is 0 Å². The van der Waals surface area contributed by atoms with Crippen molar-refractivity contribution in [2.24, 2.45) is 11.3 Å². The SMILES string of the molecule is CC(C)CNCC1(Cc2sccc2Br)CCOC1C. The average Bonchev–Trinajstić information content (AvgIpc) is 2.88. The summed E-state index contributed by atoms with van der Waals surface area (Å²) in [5.41, 5.74) is 0.252. The van der Waals surface area contributed by atoms with Gasteiger partial charge in [-0.05, 0) is 59.6 Å². The second kappa shape index (κ2) is 6.70. The van der Waals surface area contributed by atoms with E-state index < -0.39 is 0 Å². The summed E-state index contributed by atoms with van der Waals surface area (Å²) in [7, 11) is 0. The molecule has 2 rings (SSSR count). The Kier molecular flexibility index (Phi) is 5.46. The van der Waals surface area contributed by atoms with Gasteiger partial charge in [0.15, 0.2) is 0 Å². The molecule has 19 heavy (non-hydrogen) atoms. The minimum atomic E-state index is 0.252. The maximum Gasteiger partial charge on any atom is 0.0619 e. The number of nitrogens with one attached hydrogen (secondary N) is 1. The van der Waals surface area contributed by atoms with Crippen LogP contribution in [0.5, 0.6) is 0 Å². The first-order valence-electron chi connectivity index (χ1n) is 7.08. The number of halogens is 1. The van der Waals surface area contributed by atoms with E-state index in [1.54, 1.807) is 0 Å². The van der Waals surface area contributed by atoms with Crippen LogP contribution in [0.3, 0.4) is 0 Å². The lowest BCUT2D eigenvalue weighted by molar-refractivity contribution is 0.0630. The third-order valence-electron chi connectivity index (χ3n) is 4.06. The van der Waals surface area contributed by atoms with Crippen molar-refractivity contribution in [3.63, 3.8) is 0 Å². The topological polar surface area (TPSA) is 21.3 Å². The Balaban J connectivity index is 2.05. The zero-order valence-electron chi connectivity index (χ0n) is 12.0. The Morgan fingerprint density at radius 3 is 2.89 bits per heavy atom. The van der Waals surface area contributed by atoms with Gasteiger partial charge in [0.05, 0.1) is 6.10 Å². The highest BCUT2D eigenvalue weighted by molar-refractivity contribution is 9.10. The van der Waals surface area contributed by atoms with Crippen molar-refractivity contribution in [3.05, 3.63) is 20.8 Å². The van der Waals surface area contributed by atoms with Crippen LogP contribution in [0.2, 0.25) is 0 Å². The van der Waals surface area contributed by atoms with Gasteiger partial charge < -0.3 is 10.1 Å². The highest BCUT2D eigenvalue weighted by Crippen LogP contribution is 2.40. The van der Waals surface area contributed by atoms with Gasteiger partial charge in [0.1, 0.15) is 0 Å². The van der Waals surface area contributed by atoms with E-state index in [2.05, 4.69) is 53.5 Å². The molecule has 2 heterocycles. The first-order chi connectivity index (χ1) is 9.03. The Morgan fingerprint density at radius 2 is 2.37 bits per heavy atom. The summed E-state index contributed by atoms with van der Waals surface area (Å²) < 4.78 is 7.11. The summed E-state index contributed by atoms with van der Waals surface area (Å²) in [6, 6.07) is 2.15. The third kappa shape index (κ3) is 3.81. The van der Waals surface area contributed by atoms with Crippen molar-refractivity contribution in [2.75, 3.05) is 19.7 Å². The largest absolute Gasteiger partial charge is 0.378 e. The van der Waals surface area contributed by atoms with Gasteiger partial charge in [-0.25, -0.2) is 0 Å². The van der Waals surface area contributed by atoms with Crippen LogP contribution in [0.1, 0.15) is 32.1 Å². The van der Waals surface area contributed by atoms with Gasteiger partial charge in [0.2, 0.25) is 0 Å². The molecule has 0 amide bonds. The lowest BCUT2D eigenvalue weighted by Crippen LogP contribution is -2.42. The molecule has 4 heteroatoms. The van der Waals surface area contributed by atoms with Gasteiger partial charge in [-0.15, -0.1) is 11.3 Å². The molecule has 0 aromatic carbocycles. The molecular weight excluding hydrogens is 322 g/mol. The van der Waals surface area contributed by atoms with Gasteiger partial charge in [0.25, 0.3) is 0 Å². The molecule has 0 bridgehead atoms. The van der Waals surface area contributed by atoms with Gasteiger partial charge in [0, 0.05) is 27.9 Å². The van der Waals surface area contributed by atoms with Crippen LogP contribution < -0.4 is 5.32 Å². The highest BCUT2D eigenvalue weighted by Gasteiger charge is 2.41. The fourth-order valence-electron chi connectivity index (χ4n) is 2.73. The molecule has 0 aliphatic carbocycles. The standard InChI is InChI=1S/C15H24BrNOS/c1-11(2)9-17-10-15(5-6-18-12(15)3)8-14-13(16)4-7-19-14/h4,7,11-12,17H,5-6,8-10H2,1-3H3. The van der Waals surface area contributed by atoms with E-state index in [0.717, 1.165) is 32.5 Å². The van der Waals surface area contributed by atoms with E-state index in [-0.39, 0.29) is 5.41 Å². The van der Waals surface area contributed by atoms with E-state index in [9.17, 15) is 0 Å². The molecule has 108 valence electrons. The van der Waals surface area contributed by atoms with Crippen molar-refractivity contribution in [1.29, 1.82) is 0 Å². The molecule has 0 spiro atoms. The molecule has 1 aromatic rings. The minimum absolute atomic E-state index is 0.252. The highest BCUT2D eigenvalue weighted by atomic mass is 79.9. The molecule has 1 aliphatic heterocycles. The van der Waals surface area contributed by atoms with Crippen LogP contribution in [-0.4, -0.2) is 25.8 Å². The predicted octanol–water partition coefficient (Wildman–Crippen LogP) is 4.09. The van der Waals surface area contributed by atoms with Crippen molar-refractivity contribution < 1.29 is 4.74 Å². The number of rotatable bonds is 6. The molecule has 2 atom stereocenters. The van der Waals surface area contributed by atoms with E-state index >= 15 is 0 Å². The number of thiophene rings is 1. The fraction of sp³-hybridized carbons (Fsp3) is 0.733. The van der Waals surface area contributed by atoms with Crippen molar-refractivity contribution >= 4 is 27.3 Å². The molecule has 1 saturated heterocycles. The maximum atomic E-state index is 5.86. The predicted molar refractivity (Wildman–Crippen MR) is 85.9 cm³/mol. The summed E-state index contributed by atoms with van der Waals surface area (Å²) in [5, 5.41) is 5.80. The number of ether oxygens (including phenoxy) is 1. The zero-order chi connectivity index (χ0) is 13.9. The first kappa shape index (κ1) is 15.5. The quantitative estimate of drug-likeness (QED) is 0.838. The zero-order valence-corrected chi connectivity index (χ0v) is 14.4. The van der Waals surface area contributed by atoms with Crippen LogP contribution in [-0.2, 0) is 11.2 Å². The van der Waals surface area contributed by atoms with Crippen molar-refractivity contribution in [3.8, 4) is 0 Å². The third-order valence-corrected chi connectivity index (χ3v) is 5.99. The molecule has 2 nitrogen and oxygen atoms in total. The van der Waals surface area contributed by atoms with E-state index in [1.165, 1.54) is 9.35 Å². The molecule has 2 unspecified atom stereocenters. The summed E-state index contributed by atoms with van der Waals surface area (Å²) in [4.78, 5) is 1.45. The molecule has 1 aliphatic rings. The molecule has 1 fully saturated rings. The average molecular weight is 346 g/mol. The second-order valence-corrected chi connectivity index (χ2v) is 7.87. The Morgan fingerprint density at radius 1 is 1.58 bits per heavy atom. The Bertz CT molecular complexity index is 407. The fourth-order valence-corrected chi connectivity index (χ4v) is 4.37. The van der Waals surface area contributed by atoms with Crippen LogP contribution in [0.25, 0.3) is 0 Å². The van der Waals surface area contributed by atoms with Gasteiger partial charge >= 0.3 is 0 Å². The van der Waals surface area contributed by atoms with Crippen LogP contribution >= 0.6 is 27.3 Å². The Hall–Kier alpha value is 0.1000. The normalized spacial score (nSPS) is 27.3. The molecule has 0 saturated carbocycles. The van der Waals surface area contributed by atoms with Crippen molar-refractivity contribution in [2.45, 2.75) is 39.7 Å². The molecular formula is C15H24BrNOS. The Labute approximate surface area is 129 Å². The minimum Gasteiger partial charge on any atom is -0.378 e. The summed E-state index contributed by atoms with van der Waals surface area (Å²) in [5.74, 6) is 0.697. The van der Waals surface area contributed by atoms with E-state index in [0.29, 0.717) is 12.0 Å². The van der Waals surface area contributed by atoms with Gasteiger partial charge in [-0.1, -0.05) is 13.8 Å². The van der Waals surface area contributed by atoms with Crippen LogP contribution in [0.15, 0.2) is 15.9 Å². The maximum absolute atomic E-state index is 5.86. The number of hydrogen-bond acceptors (Lipinski definition) is 3. The molecule has 1 N–H and O–H groups in total. The smallest absolute Gasteiger partial charge is 0.0619 e. The lowest BCUT2D eigenvalue weighted by Gasteiger charge is -2.33. The van der Waals surface area contributed by atoms with Gasteiger partial charge in [-0.2, -0.15) is 0 Å². The number of hydrogen-bond donors (Lipinski definition) is 1. The summed E-state index contributed by atoms with van der Waals surface area (Å²) >= 11 is 5.50. The molecule has 1 aromatic heterocycles. The van der Waals surface area contributed by atoms with E-state index in [1.807, 2.05) is 11.3 Å². The first-order valence-corrected chi connectivity index (χ1v) is 8.75. The van der Waals surface area contributed by atoms with E-state index in [4.69, 9.17) is 4.74 Å². The summed E-state index contributed by atoms with van der Waals surface area (Å²) in [6.45, 7) is 9.77. The monoisotopic (exact) mass is 345 g/mol. The summed E-state index contributed by atoms with van der Waals surface area (Å²) in [6.07, 6.45) is 2.60. The lowest BCUT2D eigenvalue weighted by atomic mass is 9.78. The van der Waals surface area contributed by atoms with Gasteiger partial charge in [-0.3, -0.25) is 0 Å².